The van der Waals surface area contributed by atoms with Gasteiger partial charge in [-0.1, -0.05) is 30.3 Å². The van der Waals surface area contributed by atoms with Crippen LogP contribution in [0.5, 0.6) is 0 Å². The number of amides is 2. The highest BCUT2D eigenvalue weighted by Gasteiger charge is 2.15. The first-order valence-corrected chi connectivity index (χ1v) is 7.13. The molecule has 1 aromatic rings. The number of aliphatic hydroxyl groups excluding tert-OH is 1. The molecule has 1 atom stereocenters. The van der Waals surface area contributed by atoms with Crippen LogP contribution in [0.2, 0.25) is 0 Å². The molecule has 126 valence electrons. The summed E-state index contributed by atoms with van der Waals surface area (Å²) in [5.41, 5.74) is 6.69. The van der Waals surface area contributed by atoms with Gasteiger partial charge in [-0.3, -0.25) is 14.4 Å². The minimum absolute atomic E-state index is 0.125. The molecule has 0 aliphatic heterocycles. The minimum atomic E-state index is -0.764. The smallest absolute Gasteiger partial charge is 0.325 e. The van der Waals surface area contributed by atoms with Crippen molar-refractivity contribution in [1.82, 2.24) is 10.6 Å². The van der Waals surface area contributed by atoms with E-state index in [-0.39, 0.29) is 26.3 Å². The van der Waals surface area contributed by atoms with Gasteiger partial charge in [0.05, 0.1) is 19.2 Å². The summed E-state index contributed by atoms with van der Waals surface area (Å²) in [7, 11) is 0. The molecule has 0 aliphatic carbocycles. The molecule has 0 bridgehead atoms. The number of nitrogens with one attached hydrogen (secondary N) is 2. The largest absolute Gasteiger partial charge is 0.462 e. The van der Waals surface area contributed by atoms with Crippen LogP contribution in [0.25, 0.3) is 0 Å². The first-order valence-electron chi connectivity index (χ1n) is 7.13. The van der Waals surface area contributed by atoms with Crippen molar-refractivity contribution in [2.45, 2.75) is 12.5 Å². The van der Waals surface area contributed by atoms with Crippen LogP contribution in [0.15, 0.2) is 30.3 Å². The third-order valence-corrected chi connectivity index (χ3v) is 2.84. The van der Waals surface area contributed by atoms with Crippen LogP contribution in [0, 0.1) is 0 Å². The van der Waals surface area contributed by atoms with Gasteiger partial charge < -0.3 is 26.2 Å². The number of ether oxygens (including phenoxy) is 1. The number of benzene rings is 1. The standard InChI is InChI=1S/C15H21N3O5/c16-12(8-11-4-2-1-3-5-11)15(22)18-9-13(20)17-10-14(21)23-7-6-19/h1-5,12,19H,6-10,16H2,(H,17,20)(H,18,22). The van der Waals surface area contributed by atoms with E-state index < -0.39 is 23.8 Å². The number of esters is 1. The highest BCUT2D eigenvalue weighted by atomic mass is 16.5. The average Bonchev–Trinajstić information content (AvgIpc) is 2.56. The third kappa shape index (κ3) is 7.93. The Labute approximate surface area is 134 Å². The van der Waals surface area contributed by atoms with Gasteiger partial charge in [-0.25, -0.2) is 0 Å². The Kier molecular flexibility index (Phi) is 8.33. The maximum absolute atomic E-state index is 11.8. The van der Waals surface area contributed by atoms with Crippen molar-refractivity contribution in [1.29, 1.82) is 0 Å². The van der Waals surface area contributed by atoms with Gasteiger partial charge >= 0.3 is 5.97 Å². The number of aliphatic hydroxyl groups is 1. The lowest BCUT2D eigenvalue weighted by atomic mass is 10.1. The Morgan fingerprint density at radius 1 is 1.13 bits per heavy atom. The van der Waals surface area contributed by atoms with E-state index in [2.05, 4.69) is 15.4 Å². The summed E-state index contributed by atoms with van der Waals surface area (Å²) < 4.78 is 4.56. The summed E-state index contributed by atoms with van der Waals surface area (Å²) >= 11 is 0. The van der Waals surface area contributed by atoms with Gasteiger partial charge in [0.1, 0.15) is 13.2 Å². The molecule has 8 nitrogen and oxygen atoms in total. The Morgan fingerprint density at radius 3 is 2.48 bits per heavy atom. The highest BCUT2D eigenvalue weighted by molar-refractivity contribution is 5.88. The average molecular weight is 323 g/mol. The van der Waals surface area contributed by atoms with Crippen molar-refractivity contribution in [3.8, 4) is 0 Å². The van der Waals surface area contributed by atoms with E-state index in [1.807, 2.05) is 30.3 Å². The van der Waals surface area contributed by atoms with Gasteiger partial charge in [0.25, 0.3) is 0 Å². The normalized spacial score (nSPS) is 11.4. The molecule has 0 spiro atoms. The molecule has 8 heteroatoms. The molecule has 0 radical (unpaired) electrons. The molecule has 0 saturated heterocycles. The summed E-state index contributed by atoms with van der Waals surface area (Å²) in [6.45, 7) is -1.02. The summed E-state index contributed by atoms with van der Waals surface area (Å²) in [4.78, 5) is 34.4. The topological polar surface area (TPSA) is 131 Å². The summed E-state index contributed by atoms with van der Waals surface area (Å²) in [6, 6.07) is 8.52. The lowest BCUT2D eigenvalue weighted by Crippen LogP contribution is -2.46. The molecule has 0 aliphatic rings. The van der Waals surface area contributed by atoms with Crippen molar-refractivity contribution in [3.63, 3.8) is 0 Å². The molecular weight excluding hydrogens is 302 g/mol. The first kappa shape index (κ1) is 18.6. The Hall–Kier alpha value is -2.45. The molecule has 1 rings (SSSR count). The van der Waals surface area contributed by atoms with E-state index in [4.69, 9.17) is 10.8 Å². The van der Waals surface area contributed by atoms with Gasteiger partial charge in [-0.05, 0) is 12.0 Å². The molecule has 0 saturated carbocycles. The van der Waals surface area contributed by atoms with Crippen LogP contribution in [0.1, 0.15) is 5.56 Å². The predicted octanol–water partition coefficient (Wildman–Crippen LogP) is -1.68. The Morgan fingerprint density at radius 2 is 1.83 bits per heavy atom. The molecule has 23 heavy (non-hydrogen) atoms. The van der Waals surface area contributed by atoms with Crippen LogP contribution in [-0.4, -0.2) is 55.2 Å². The summed E-state index contributed by atoms with van der Waals surface area (Å²) in [5.74, 6) is -1.66. The predicted molar refractivity (Wildman–Crippen MR) is 82.2 cm³/mol. The van der Waals surface area contributed by atoms with E-state index in [9.17, 15) is 14.4 Å². The SMILES string of the molecule is NC(Cc1ccccc1)C(=O)NCC(=O)NCC(=O)OCCO. The monoisotopic (exact) mass is 323 g/mol. The van der Waals surface area contributed by atoms with Crippen LogP contribution in [0.4, 0.5) is 0 Å². The van der Waals surface area contributed by atoms with E-state index in [0.717, 1.165) is 5.56 Å². The second-order valence-corrected chi connectivity index (χ2v) is 4.73. The fourth-order valence-electron chi connectivity index (χ4n) is 1.70. The number of carbonyl (C=O) groups is 3. The van der Waals surface area contributed by atoms with Crippen molar-refractivity contribution < 1.29 is 24.2 Å². The van der Waals surface area contributed by atoms with Crippen molar-refractivity contribution >= 4 is 17.8 Å². The lowest BCUT2D eigenvalue weighted by Gasteiger charge is -2.12. The lowest BCUT2D eigenvalue weighted by molar-refractivity contribution is -0.144. The fourth-order valence-corrected chi connectivity index (χ4v) is 1.70. The van der Waals surface area contributed by atoms with Crippen LogP contribution in [0.3, 0.4) is 0 Å². The van der Waals surface area contributed by atoms with Crippen molar-refractivity contribution in [2.75, 3.05) is 26.3 Å². The number of rotatable bonds is 9. The number of hydrogen-bond acceptors (Lipinski definition) is 6. The molecule has 5 N–H and O–H groups in total. The van der Waals surface area contributed by atoms with Crippen molar-refractivity contribution in [3.05, 3.63) is 35.9 Å². The molecule has 2 amide bonds. The zero-order chi connectivity index (χ0) is 17.1. The van der Waals surface area contributed by atoms with E-state index in [1.165, 1.54) is 0 Å². The molecule has 1 unspecified atom stereocenters. The van der Waals surface area contributed by atoms with Crippen LogP contribution < -0.4 is 16.4 Å². The van der Waals surface area contributed by atoms with Gasteiger partial charge in [0.2, 0.25) is 11.8 Å². The number of carbonyl (C=O) groups excluding carboxylic acids is 3. The molecule has 0 fully saturated rings. The van der Waals surface area contributed by atoms with E-state index in [0.29, 0.717) is 6.42 Å². The maximum atomic E-state index is 11.8. The third-order valence-electron chi connectivity index (χ3n) is 2.84. The van der Waals surface area contributed by atoms with Crippen LogP contribution in [-0.2, 0) is 25.5 Å². The number of hydrogen-bond donors (Lipinski definition) is 4. The Balaban J connectivity index is 2.24. The van der Waals surface area contributed by atoms with Crippen molar-refractivity contribution in [2.24, 2.45) is 5.73 Å². The minimum Gasteiger partial charge on any atom is -0.462 e. The van der Waals surface area contributed by atoms with Crippen LogP contribution >= 0.6 is 0 Å². The number of nitrogens with two attached hydrogens (primary N) is 1. The van der Waals surface area contributed by atoms with Gasteiger partial charge in [-0.2, -0.15) is 0 Å². The van der Waals surface area contributed by atoms with Gasteiger partial charge in [-0.15, -0.1) is 0 Å². The van der Waals surface area contributed by atoms with E-state index in [1.54, 1.807) is 0 Å². The van der Waals surface area contributed by atoms with E-state index >= 15 is 0 Å². The zero-order valence-electron chi connectivity index (χ0n) is 12.7. The highest BCUT2D eigenvalue weighted by Crippen LogP contribution is 2.01. The molecular formula is C15H21N3O5. The fraction of sp³-hybridized carbons (Fsp3) is 0.400. The second-order valence-electron chi connectivity index (χ2n) is 4.73. The maximum Gasteiger partial charge on any atom is 0.325 e. The molecule has 0 heterocycles. The second kappa shape index (κ2) is 10.3. The quantitative estimate of drug-likeness (QED) is 0.402. The first-order chi connectivity index (χ1) is 11.0. The summed E-state index contributed by atoms with van der Waals surface area (Å²) in [6.07, 6.45) is 0.363. The zero-order valence-corrected chi connectivity index (χ0v) is 12.7. The van der Waals surface area contributed by atoms with Gasteiger partial charge in [0.15, 0.2) is 0 Å². The Bertz CT molecular complexity index is 521. The molecule has 0 aromatic heterocycles. The molecule has 1 aromatic carbocycles. The van der Waals surface area contributed by atoms with Gasteiger partial charge in [0, 0.05) is 0 Å². The summed E-state index contributed by atoms with van der Waals surface area (Å²) in [5, 5.41) is 13.2.